The van der Waals surface area contributed by atoms with Crippen LogP contribution in [0.4, 0.5) is 0 Å². The van der Waals surface area contributed by atoms with Crippen molar-refractivity contribution in [3.05, 3.63) is 21.9 Å². The zero-order chi connectivity index (χ0) is 11.4. The zero-order valence-electron chi connectivity index (χ0n) is 9.58. The van der Waals surface area contributed by atoms with E-state index in [9.17, 15) is 4.79 Å². The molecule has 0 saturated carbocycles. The smallest absolute Gasteiger partial charge is 0.237 e. The minimum atomic E-state index is 0.0230. The van der Waals surface area contributed by atoms with E-state index in [4.69, 9.17) is 0 Å². The molecule has 0 aliphatic carbocycles. The van der Waals surface area contributed by atoms with Crippen LogP contribution < -0.4 is 10.6 Å². The Kier molecular flexibility index (Phi) is 3.96. The van der Waals surface area contributed by atoms with Crippen LogP contribution in [0.3, 0.4) is 0 Å². The third-order valence-electron chi connectivity index (χ3n) is 2.86. The molecule has 0 spiro atoms. The van der Waals surface area contributed by atoms with Crippen LogP contribution in [0.1, 0.15) is 29.0 Å². The summed E-state index contributed by atoms with van der Waals surface area (Å²) in [5.41, 5.74) is 0. The van der Waals surface area contributed by atoms with Crippen LogP contribution >= 0.6 is 11.3 Å². The van der Waals surface area contributed by atoms with Gasteiger partial charge in [0.15, 0.2) is 0 Å². The SMILES string of the molecule is Cc1ccc(CNC(=O)C2CCCCN2)s1. The van der Waals surface area contributed by atoms with Crippen molar-refractivity contribution in [3.63, 3.8) is 0 Å². The lowest BCUT2D eigenvalue weighted by Crippen LogP contribution is -2.46. The summed E-state index contributed by atoms with van der Waals surface area (Å²) in [4.78, 5) is 14.3. The summed E-state index contributed by atoms with van der Waals surface area (Å²) in [5.74, 6) is 0.144. The number of hydrogen-bond donors (Lipinski definition) is 2. The first kappa shape index (κ1) is 11.6. The Morgan fingerprint density at radius 3 is 3.06 bits per heavy atom. The molecular formula is C12H18N2OS. The number of hydrogen-bond acceptors (Lipinski definition) is 3. The van der Waals surface area contributed by atoms with E-state index in [-0.39, 0.29) is 11.9 Å². The Hall–Kier alpha value is -0.870. The zero-order valence-corrected chi connectivity index (χ0v) is 10.4. The summed E-state index contributed by atoms with van der Waals surface area (Å²) in [7, 11) is 0. The summed E-state index contributed by atoms with van der Waals surface area (Å²) in [6.07, 6.45) is 3.31. The van der Waals surface area contributed by atoms with E-state index in [0.29, 0.717) is 6.54 Å². The number of amides is 1. The van der Waals surface area contributed by atoms with Gasteiger partial charge in [-0.2, -0.15) is 0 Å². The molecule has 0 aromatic carbocycles. The Morgan fingerprint density at radius 1 is 1.56 bits per heavy atom. The van der Waals surface area contributed by atoms with Gasteiger partial charge in [0, 0.05) is 9.75 Å². The summed E-state index contributed by atoms with van der Waals surface area (Å²) in [6.45, 7) is 3.71. The van der Waals surface area contributed by atoms with Crippen molar-refractivity contribution in [2.24, 2.45) is 0 Å². The van der Waals surface area contributed by atoms with Gasteiger partial charge < -0.3 is 10.6 Å². The van der Waals surface area contributed by atoms with Crippen LogP contribution in [-0.2, 0) is 11.3 Å². The van der Waals surface area contributed by atoms with Gasteiger partial charge in [-0.15, -0.1) is 11.3 Å². The van der Waals surface area contributed by atoms with Crippen molar-refractivity contribution in [1.82, 2.24) is 10.6 Å². The quantitative estimate of drug-likeness (QED) is 0.843. The molecule has 4 heteroatoms. The molecule has 2 N–H and O–H groups in total. The Labute approximate surface area is 100 Å². The third-order valence-corrected chi connectivity index (χ3v) is 3.86. The molecule has 1 aliphatic rings. The summed E-state index contributed by atoms with van der Waals surface area (Å²) in [6, 6.07) is 4.19. The van der Waals surface area contributed by atoms with Crippen LogP contribution in [-0.4, -0.2) is 18.5 Å². The molecule has 1 aliphatic heterocycles. The van der Waals surface area contributed by atoms with Gasteiger partial charge >= 0.3 is 0 Å². The van der Waals surface area contributed by atoms with Crippen LogP contribution in [0.2, 0.25) is 0 Å². The topological polar surface area (TPSA) is 41.1 Å². The van der Waals surface area contributed by atoms with E-state index in [1.807, 2.05) is 0 Å². The highest BCUT2D eigenvalue weighted by Crippen LogP contribution is 2.14. The second-order valence-corrected chi connectivity index (χ2v) is 5.61. The highest BCUT2D eigenvalue weighted by molar-refractivity contribution is 7.11. The molecule has 1 saturated heterocycles. The Balaban J connectivity index is 1.78. The number of nitrogens with one attached hydrogen (secondary N) is 2. The van der Waals surface area contributed by atoms with Crippen LogP contribution in [0.15, 0.2) is 12.1 Å². The molecule has 3 nitrogen and oxygen atoms in total. The summed E-state index contributed by atoms with van der Waals surface area (Å²) < 4.78 is 0. The normalized spacial score (nSPS) is 20.7. The Bertz CT molecular complexity index is 356. The number of piperidine rings is 1. The molecule has 1 amide bonds. The average Bonchev–Trinajstić information content (AvgIpc) is 2.73. The molecule has 1 unspecified atom stereocenters. The number of carbonyl (C=O) groups excluding carboxylic acids is 1. The molecule has 1 fully saturated rings. The van der Waals surface area contributed by atoms with E-state index in [1.54, 1.807) is 11.3 Å². The van der Waals surface area contributed by atoms with Gasteiger partial charge in [0.1, 0.15) is 0 Å². The van der Waals surface area contributed by atoms with E-state index >= 15 is 0 Å². The van der Waals surface area contributed by atoms with Gasteiger partial charge in [-0.1, -0.05) is 6.42 Å². The van der Waals surface area contributed by atoms with Crippen molar-refractivity contribution >= 4 is 17.2 Å². The minimum Gasteiger partial charge on any atom is -0.350 e. The lowest BCUT2D eigenvalue weighted by molar-refractivity contribution is -0.123. The number of thiophene rings is 1. The maximum absolute atomic E-state index is 11.8. The molecule has 1 atom stereocenters. The second-order valence-electron chi connectivity index (χ2n) is 4.23. The first-order chi connectivity index (χ1) is 7.75. The van der Waals surface area contributed by atoms with Gasteiger partial charge in [0.2, 0.25) is 5.91 Å². The predicted molar refractivity (Wildman–Crippen MR) is 66.5 cm³/mol. The average molecular weight is 238 g/mol. The van der Waals surface area contributed by atoms with Gasteiger partial charge in [-0.3, -0.25) is 4.79 Å². The molecule has 0 radical (unpaired) electrons. The fourth-order valence-electron chi connectivity index (χ4n) is 1.95. The molecule has 2 rings (SSSR count). The predicted octanol–water partition coefficient (Wildman–Crippen LogP) is 1.81. The second kappa shape index (κ2) is 5.46. The fraction of sp³-hybridized carbons (Fsp3) is 0.583. The molecule has 1 aromatic rings. The molecule has 16 heavy (non-hydrogen) atoms. The highest BCUT2D eigenvalue weighted by Gasteiger charge is 2.19. The van der Waals surface area contributed by atoms with E-state index in [0.717, 1.165) is 19.4 Å². The molecule has 0 bridgehead atoms. The van der Waals surface area contributed by atoms with Crippen molar-refractivity contribution in [2.75, 3.05) is 6.54 Å². The van der Waals surface area contributed by atoms with Gasteiger partial charge in [-0.25, -0.2) is 0 Å². The first-order valence-electron chi connectivity index (χ1n) is 5.82. The summed E-state index contributed by atoms with van der Waals surface area (Å²) >= 11 is 1.74. The maximum Gasteiger partial charge on any atom is 0.237 e. The molecule has 1 aromatic heterocycles. The maximum atomic E-state index is 11.8. The lowest BCUT2D eigenvalue weighted by Gasteiger charge is -2.22. The van der Waals surface area contributed by atoms with Crippen molar-refractivity contribution < 1.29 is 4.79 Å². The number of carbonyl (C=O) groups is 1. The Morgan fingerprint density at radius 2 is 2.44 bits per heavy atom. The lowest BCUT2D eigenvalue weighted by atomic mass is 10.0. The van der Waals surface area contributed by atoms with E-state index in [1.165, 1.54) is 16.2 Å². The number of rotatable bonds is 3. The van der Waals surface area contributed by atoms with Crippen molar-refractivity contribution in [2.45, 2.75) is 38.8 Å². The fourth-order valence-corrected chi connectivity index (χ4v) is 2.78. The van der Waals surface area contributed by atoms with Crippen molar-refractivity contribution in [1.29, 1.82) is 0 Å². The standard InChI is InChI=1S/C12H18N2OS/c1-9-5-6-10(16-9)8-14-12(15)11-4-2-3-7-13-11/h5-6,11,13H,2-4,7-8H2,1H3,(H,14,15). The van der Waals surface area contributed by atoms with Crippen LogP contribution in [0.25, 0.3) is 0 Å². The first-order valence-corrected chi connectivity index (χ1v) is 6.64. The summed E-state index contributed by atoms with van der Waals surface area (Å²) in [5, 5.41) is 6.24. The van der Waals surface area contributed by atoms with Gasteiger partial charge in [-0.05, 0) is 38.4 Å². The monoisotopic (exact) mass is 238 g/mol. The third kappa shape index (κ3) is 3.06. The van der Waals surface area contributed by atoms with Gasteiger partial charge in [0.05, 0.1) is 12.6 Å². The van der Waals surface area contributed by atoms with Crippen molar-refractivity contribution in [3.8, 4) is 0 Å². The number of aryl methyl sites for hydroxylation is 1. The highest BCUT2D eigenvalue weighted by atomic mass is 32.1. The minimum absolute atomic E-state index is 0.0230. The molecular weight excluding hydrogens is 220 g/mol. The van der Waals surface area contributed by atoms with Crippen LogP contribution in [0.5, 0.6) is 0 Å². The van der Waals surface area contributed by atoms with E-state index < -0.39 is 0 Å². The largest absolute Gasteiger partial charge is 0.350 e. The molecule has 2 heterocycles. The van der Waals surface area contributed by atoms with Crippen LogP contribution in [0, 0.1) is 6.92 Å². The molecule has 88 valence electrons. The van der Waals surface area contributed by atoms with Gasteiger partial charge in [0.25, 0.3) is 0 Å². The van der Waals surface area contributed by atoms with E-state index in [2.05, 4.69) is 29.7 Å².